The number of carboxylic acids is 1. The number of nitrogens with one attached hydrogen (secondary N) is 2. The number of rotatable bonds is 3. The Morgan fingerprint density at radius 1 is 1.37 bits per heavy atom. The highest BCUT2D eigenvalue weighted by molar-refractivity contribution is 7.20. The molecule has 0 saturated heterocycles. The summed E-state index contributed by atoms with van der Waals surface area (Å²) in [7, 11) is 0. The third-order valence-corrected chi connectivity index (χ3v) is 3.80. The maximum atomic E-state index is 12.0. The van der Waals surface area contributed by atoms with Crippen molar-refractivity contribution in [1.29, 1.82) is 0 Å². The molecule has 0 atom stereocenters. The van der Waals surface area contributed by atoms with Crippen LogP contribution in [0.5, 0.6) is 0 Å². The summed E-state index contributed by atoms with van der Waals surface area (Å²) in [5, 5.41) is 11.5. The van der Waals surface area contributed by atoms with Crippen LogP contribution in [-0.2, 0) is 0 Å². The molecule has 3 N–H and O–H groups in total. The molecule has 2 aromatic heterocycles. The van der Waals surface area contributed by atoms with E-state index in [1.54, 1.807) is 6.92 Å². The molecule has 2 aromatic rings. The van der Waals surface area contributed by atoms with Gasteiger partial charge in [-0.15, -0.1) is 11.3 Å². The summed E-state index contributed by atoms with van der Waals surface area (Å²) in [6, 6.07) is 2.97. The minimum absolute atomic E-state index is 0.0803. The van der Waals surface area contributed by atoms with Crippen molar-refractivity contribution in [3.8, 4) is 0 Å². The molecule has 2 heterocycles. The van der Waals surface area contributed by atoms with Crippen molar-refractivity contribution in [2.75, 3.05) is 5.32 Å². The minimum Gasteiger partial charge on any atom is -0.477 e. The summed E-state index contributed by atoms with van der Waals surface area (Å²) < 4.78 is 0.644. The quantitative estimate of drug-likeness (QED) is 0.808. The first-order valence-corrected chi connectivity index (χ1v) is 6.65. The fourth-order valence-corrected chi connectivity index (χ4v) is 3.00. The van der Waals surface area contributed by atoms with Crippen LogP contribution >= 0.6 is 34.5 Å². The molecule has 0 aliphatic heterocycles. The van der Waals surface area contributed by atoms with Gasteiger partial charge < -0.3 is 15.4 Å². The largest absolute Gasteiger partial charge is 0.477 e. The predicted molar refractivity (Wildman–Crippen MR) is 74.8 cm³/mol. The summed E-state index contributed by atoms with van der Waals surface area (Å²) in [5.74, 6) is -1.66. The number of aryl methyl sites for hydroxylation is 1. The van der Waals surface area contributed by atoms with Gasteiger partial charge in [-0.1, -0.05) is 23.2 Å². The third kappa shape index (κ3) is 2.91. The second-order valence-electron chi connectivity index (χ2n) is 3.74. The summed E-state index contributed by atoms with van der Waals surface area (Å²) in [4.78, 5) is 25.6. The highest BCUT2D eigenvalue weighted by atomic mass is 35.5. The van der Waals surface area contributed by atoms with E-state index in [1.807, 2.05) is 0 Å². The molecule has 0 unspecified atom stereocenters. The van der Waals surface area contributed by atoms with Crippen molar-refractivity contribution in [1.82, 2.24) is 4.98 Å². The van der Waals surface area contributed by atoms with E-state index in [2.05, 4.69) is 10.3 Å². The van der Waals surface area contributed by atoms with Gasteiger partial charge in [0.1, 0.15) is 10.0 Å². The van der Waals surface area contributed by atoms with Crippen LogP contribution in [0.25, 0.3) is 0 Å². The van der Waals surface area contributed by atoms with Crippen molar-refractivity contribution >= 4 is 52.1 Å². The average molecular weight is 319 g/mol. The Bertz CT molecular complexity index is 663. The first-order valence-electron chi connectivity index (χ1n) is 5.07. The molecule has 0 fully saturated rings. The lowest BCUT2D eigenvalue weighted by Crippen LogP contribution is -2.13. The van der Waals surface area contributed by atoms with E-state index in [0.29, 0.717) is 10.0 Å². The number of aromatic carboxylic acids is 1. The molecule has 0 aromatic carbocycles. The zero-order valence-electron chi connectivity index (χ0n) is 9.58. The van der Waals surface area contributed by atoms with E-state index in [-0.39, 0.29) is 21.3 Å². The molecule has 0 radical (unpaired) electrons. The van der Waals surface area contributed by atoms with E-state index in [1.165, 1.54) is 12.1 Å². The van der Waals surface area contributed by atoms with Gasteiger partial charge in [0.25, 0.3) is 5.91 Å². The lowest BCUT2D eigenvalue weighted by Gasteiger charge is -2.03. The number of halogens is 2. The number of anilines is 1. The van der Waals surface area contributed by atoms with Crippen LogP contribution in [0.2, 0.25) is 8.67 Å². The molecule has 2 rings (SSSR count). The third-order valence-electron chi connectivity index (χ3n) is 2.32. The fourth-order valence-electron chi connectivity index (χ4n) is 1.54. The Balaban J connectivity index is 2.29. The van der Waals surface area contributed by atoms with Crippen LogP contribution in [0, 0.1) is 6.92 Å². The second kappa shape index (κ2) is 5.24. The van der Waals surface area contributed by atoms with Gasteiger partial charge in [-0.3, -0.25) is 4.79 Å². The highest BCUT2D eigenvalue weighted by Crippen LogP contribution is 2.31. The van der Waals surface area contributed by atoms with Gasteiger partial charge >= 0.3 is 5.97 Å². The van der Waals surface area contributed by atoms with Crippen molar-refractivity contribution in [2.45, 2.75) is 6.92 Å². The Hall–Kier alpha value is -1.50. The molecule has 1 amide bonds. The first-order chi connectivity index (χ1) is 8.88. The maximum absolute atomic E-state index is 12.0. The Kier molecular flexibility index (Phi) is 3.84. The van der Waals surface area contributed by atoms with Gasteiger partial charge in [0, 0.05) is 5.69 Å². The van der Waals surface area contributed by atoms with Gasteiger partial charge in [0.05, 0.1) is 15.6 Å². The Morgan fingerprint density at radius 2 is 2.05 bits per heavy atom. The summed E-state index contributed by atoms with van der Waals surface area (Å²) in [6.07, 6.45) is 0. The van der Waals surface area contributed by atoms with Crippen LogP contribution in [0.15, 0.2) is 12.1 Å². The summed E-state index contributed by atoms with van der Waals surface area (Å²) in [6.45, 7) is 1.69. The normalized spacial score (nSPS) is 10.5. The number of aromatic amines is 1. The molecule has 0 spiro atoms. The van der Waals surface area contributed by atoms with E-state index in [4.69, 9.17) is 28.3 Å². The topological polar surface area (TPSA) is 82.2 Å². The van der Waals surface area contributed by atoms with Gasteiger partial charge in [-0.05, 0) is 19.1 Å². The van der Waals surface area contributed by atoms with E-state index >= 15 is 0 Å². The Morgan fingerprint density at radius 3 is 2.58 bits per heavy atom. The van der Waals surface area contributed by atoms with Gasteiger partial charge in [0.2, 0.25) is 0 Å². The van der Waals surface area contributed by atoms with Crippen LogP contribution in [0.3, 0.4) is 0 Å². The smallest absolute Gasteiger partial charge is 0.354 e. The second-order valence-corrected chi connectivity index (χ2v) is 6.02. The van der Waals surface area contributed by atoms with Gasteiger partial charge in [-0.25, -0.2) is 4.79 Å². The first kappa shape index (κ1) is 13.9. The number of hydrogen-bond acceptors (Lipinski definition) is 3. The van der Waals surface area contributed by atoms with Crippen molar-refractivity contribution in [2.24, 2.45) is 0 Å². The van der Waals surface area contributed by atoms with Gasteiger partial charge in [0.15, 0.2) is 0 Å². The zero-order chi connectivity index (χ0) is 14.2. The monoisotopic (exact) mass is 318 g/mol. The minimum atomic E-state index is -1.15. The molecule has 5 nitrogen and oxygen atoms in total. The molecular formula is C11H8Cl2N2O3S. The molecular weight excluding hydrogens is 311 g/mol. The SMILES string of the molecule is Cc1cc(NC(=O)c2cc(Cl)sc2Cl)c(C(=O)O)[nH]1. The fraction of sp³-hybridized carbons (Fsp3) is 0.0909. The van der Waals surface area contributed by atoms with E-state index in [0.717, 1.165) is 11.3 Å². The molecule has 0 bridgehead atoms. The molecule has 19 heavy (non-hydrogen) atoms. The zero-order valence-corrected chi connectivity index (χ0v) is 11.9. The molecule has 0 aliphatic carbocycles. The van der Waals surface area contributed by atoms with E-state index < -0.39 is 11.9 Å². The molecule has 0 saturated carbocycles. The summed E-state index contributed by atoms with van der Waals surface area (Å²) >= 11 is 12.7. The van der Waals surface area contributed by atoms with Crippen LogP contribution in [-0.4, -0.2) is 22.0 Å². The van der Waals surface area contributed by atoms with Crippen molar-refractivity contribution in [3.05, 3.63) is 37.8 Å². The Labute approximate surface area is 122 Å². The van der Waals surface area contributed by atoms with Crippen molar-refractivity contribution < 1.29 is 14.7 Å². The van der Waals surface area contributed by atoms with Crippen LogP contribution < -0.4 is 5.32 Å². The average Bonchev–Trinajstić information content (AvgIpc) is 2.81. The van der Waals surface area contributed by atoms with Gasteiger partial charge in [-0.2, -0.15) is 0 Å². The number of carbonyl (C=O) groups excluding carboxylic acids is 1. The number of H-pyrrole nitrogens is 1. The lowest BCUT2D eigenvalue weighted by molar-refractivity contribution is 0.0692. The predicted octanol–water partition coefficient (Wildman–Crippen LogP) is 3.64. The maximum Gasteiger partial charge on any atom is 0.354 e. The number of hydrogen-bond donors (Lipinski definition) is 3. The highest BCUT2D eigenvalue weighted by Gasteiger charge is 2.19. The molecule has 8 heteroatoms. The molecule has 100 valence electrons. The number of thiophene rings is 1. The van der Waals surface area contributed by atoms with Crippen LogP contribution in [0.4, 0.5) is 5.69 Å². The number of amides is 1. The lowest BCUT2D eigenvalue weighted by atomic mass is 10.3. The molecule has 0 aliphatic rings. The summed E-state index contributed by atoms with van der Waals surface area (Å²) in [5.41, 5.74) is 0.950. The van der Waals surface area contributed by atoms with Crippen molar-refractivity contribution in [3.63, 3.8) is 0 Å². The number of carbonyl (C=O) groups is 2. The van der Waals surface area contributed by atoms with E-state index in [9.17, 15) is 9.59 Å². The number of aromatic nitrogens is 1. The number of carboxylic acid groups (broad SMARTS) is 1. The standard InChI is InChI=1S/C11H8Cl2N2O3S/c1-4-2-6(8(14-4)11(17)18)15-10(16)5-3-7(12)19-9(5)13/h2-3,14H,1H3,(H,15,16)(H,17,18). The van der Waals surface area contributed by atoms with Crippen LogP contribution in [0.1, 0.15) is 26.5 Å².